The molecule has 0 aromatic heterocycles. The van der Waals surface area contributed by atoms with Crippen molar-refractivity contribution in [2.24, 2.45) is 17.6 Å². The maximum Gasteiger partial charge on any atom is 0.220 e. The van der Waals surface area contributed by atoms with Crippen molar-refractivity contribution >= 4 is 5.91 Å². The maximum absolute atomic E-state index is 11.7. The molecule has 3 atom stereocenters. The molecule has 4 nitrogen and oxygen atoms in total. The molecule has 0 saturated heterocycles. The summed E-state index contributed by atoms with van der Waals surface area (Å²) >= 11 is 0. The first kappa shape index (κ1) is 15.4. The average Bonchev–Trinajstić information content (AvgIpc) is 2.77. The molecule has 0 radical (unpaired) electrons. The zero-order chi connectivity index (χ0) is 13.4. The first-order chi connectivity index (χ1) is 8.65. The molecular formula is C14H28N2O2. The maximum atomic E-state index is 11.7. The highest BCUT2D eigenvalue weighted by molar-refractivity contribution is 5.75. The Kier molecular flexibility index (Phi) is 7.28. The molecule has 0 aromatic rings. The van der Waals surface area contributed by atoms with E-state index in [2.05, 4.69) is 12.2 Å². The number of hydrogen-bond acceptors (Lipinski definition) is 3. The molecule has 1 amide bonds. The van der Waals surface area contributed by atoms with Crippen molar-refractivity contribution in [2.75, 3.05) is 13.1 Å². The summed E-state index contributed by atoms with van der Waals surface area (Å²) in [6, 6.07) is 0. The van der Waals surface area contributed by atoms with Gasteiger partial charge in [-0.15, -0.1) is 0 Å². The van der Waals surface area contributed by atoms with Crippen molar-refractivity contribution in [3.63, 3.8) is 0 Å². The number of aliphatic hydroxyl groups is 1. The highest BCUT2D eigenvalue weighted by Crippen LogP contribution is 2.24. The predicted octanol–water partition coefficient (Wildman–Crippen LogP) is 1.42. The van der Waals surface area contributed by atoms with Crippen molar-refractivity contribution < 1.29 is 9.90 Å². The normalized spacial score (nSPS) is 25.1. The zero-order valence-corrected chi connectivity index (χ0v) is 11.5. The molecule has 1 aliphatic carbocycles. The summed E-state index contributed by atoms with van der Waals surface area (Å²) in [5.74, 6) is 1.19. The minimum atomic E-state index is -0.152. The van der Waals surface area contributed by atoms with Gasteiger partial charge < -0.3 is 16.2 Å². The van der Waals surface area contributed by atoms with Gasteiger partial charge in [0, 0.05) is 13.0 Å². The monoisotopic (exact) mass is 256 g/mol. The lowest BCUT2D eigenvalue weighted by atomic mass is 9.96. The summed E-state index contributed by atoms with van der Waals surface area (Å²) in [5, 5.41) is 12.4. The number of nitrogens with one attached hydrogen (secondary N) is 1. The Bertz CT molecular complexity index is 236. The van der Waals surface area contributed by atoms with Crippen molar-refractivity contribution in [1.29, 1.82) is 0 Å². The summed E-state index contributed by atoms with van der Waals surface area (Å²) in [4.78, 5) is 11.7. The van der Waals surface area contributed by atoms with Gasteiger partial charge in [-0.25, -0.2) is 0 Å². The minimum absolute atomic E-state index is 0.145. The van der Waals surface area contributed by atoms with Crippen LogP contribution in [0.25, 0.3) is 0 Å². The summed E-state index contributed by atoms with van der Waals surface area (Å²) in [7, 11) is 0. The van der Waals surface area contributed by atoms with Crippen LogP contribution in [0.3, 0.4) is 0 Å². The molecule has 0 bridgehead atoms. The third-order valence-electron chi connectivity index (χ3n) is 4.03. The Morgan fingerprint density at radius 2 is 2.22 bits per heavy atom. The molecule has 1 saturated carbocycles. The van der Waals surface area contributed by atoms with Gasteiger partial charge in [-0.1, -0.05) is 13.3 Å². The van der Waals surface area contributed by atoms with E-state index in [1.807, 2.05) is 0 Å². The first-order valence-corrected chi connectivity index (χ1v) is 7.30. The van der Waals surface area contributed by atoms with E-state index in [0.717, 1.165) is 45.1 Å². The third-order valence-corrected chi connectivity index (χ3v) is 4.03. The fraction of sp³-hybridized carbons (Fsp3) is 0.929. The van der Waals surface area contributed by atoms with Crippen molar-refractivity contribution in [3.8, 4) is 0 Å². The van der Waals surface area contributed by atoms with Gasteiger partial charge in [0.15, 0.2) is 0 Å². The van der Waals surface area contributed by atoms with E-state index in [4.69, 9.17) is 5.73 Å². The highest BCUT2D eigenvalue weighted by atomic mass is 16.3. The summed E-state index contributed by atoms with van der Waals surface area (Å²) in [5.41, 5.74) is 5.54. The number of hydrogen-bond donors (Lipinski definition) is 3. The van der Waals surface area contributed by atoms with E-state index in [1.54, 1.807) is 0 Å². The van der Waals surface area contributed by atoms with Crippen LogP contribution in [0.5, 0.6) is 0 Å². The molecule has 3 unspecified atom stereocenters. The van der Waals surface area contributed by atoms with Gasteiger partial charge in [-0.3, -0.25) is 4.79 Å². The van der Waals surface area contributed by atoms with E-state index < -0.39 is 0 Å². The largest absolute Gasteiger partial charge is 0.393 e. The predicted molar refractivity (Wildman–Crippen MR) is 73.0 cm³/mol. The van der Waals surface area contributed by atoms with E-state index in [0.29, 0.717) is 24.8 Å². The Hall–Kier alpha value is -0.610. The SMILES string of the molecule is CCC(CCN)CCC(=O)NCC1CCC(O)C1. The van der Waals surface area contributed by atoms with Gasteiger partial charge in [0.05, 0.1) is 6.10 Å². The van der Waals surface area contributed by atoms with Crippen molar-refractivity contribution in [1.82, 2.24) is 5.32 Å². The molecular weight excluding hydrogens is 228 g/mol. The minimum Gasteiger partial charge on any atom is -0.393 e. The molecule has 18 heavy (non-hydrogen) atoms. The quantitative estimate of drug-likeness (QED) is 0.615. The van der Waals surface area contributed by atoms with Gasteiger partial charge >= 0.3 is 0 Å². The van der Waals surface area contributed by atoms with Crippen LogP contribution in [0.4, 0.5) is 0 Å². The summed E-state index contributed by atoms with van der Waals surface area (Å²) in [6.07, 6.45) is 6.26. The van der Waals surface area contributed by atoms with Gasteiger partial charge in [0.25, 0.3) is 0 Å². The molecule has 1 fully saturated rings. The second-order valence-corrected chi connectivity index (χ2v) is 5.53. The molecule has 4 heteroatoms. The van der Waals surface area contributed by atoms with Crippen molar-refractivity contribution in [2.45, 2.75) is 58.0 Å². The van der Waals surface area contributed by atoms with Gasteiger partial charge in [-0.05, 0) is 50.5 Å². The standard InChI is InChI=1S/C14H28N2O2/c1-2-11(7-8-15)4-6-14(18)16-10-12-3-5-13(17)9-12/h11-13,17H,2-10,15H2,1H3,(H,16,18). The second-order valence-electron chi connectivity index (χ2n) is 5.53. The molecule has 0 spiro atoms. The van der Waals surface area contributed by atoms with Gasteiger partial charge in [0.1, 0.15) is 0 Å². The molecule has 0 aliphatic heterocycles. The molecule has 1 rings (SSSR count). The molecule has 106 valence electrons. The fourth-order valence-electron chi connectivity index (χ4n) is 2.70. The summed E-state index contributed by atoms with van der Waals surface area (Å²) in [6.45, 7) is 3.59. The zero-order valence-electron chi connectivity index (χ0n) is 11.5. The highest BCUT2D eigenvalue weighted by Gasteiger charge is 2.22. The molecule has 1 aliphatic rings. The van der Waals surface area contributed by atoms with Gasteiger partial charge in [-0.2, -0.15) is 0 Å². The van der Waals surface area contributed by atoms with E-state index in [9.17, 15) is 9.90 Å². The van der Waals surface area contributed by atoms with Gasteiger partial charge in [0.2, 0.25) is 5.91 Å². The third kappa shape index (κ3) is 5.83. The molecule has 0 heterocycles. The van der Waals surface area contributed by atoms with Crippen molar-refractivity contribution in [3.05, 3.63) is 0 Å². The number of nitrogens with two attached hydrogens (primary N) is 1. The van der Waals surface area contributed by atoms with Crippen LogP contribution in [0.15, 0.2) is 0 Å². The Balaban J connectivity index is 2.09. The second kappa shape index (κ2) is 8.48. The topological polar surface area (TPSA) is 75.4 Å². The van der Waals surface area contributed by atoms with Crippen LogP contribution in [0.2, 0.25) is 0 Å². The Morgan fingerprint density at radius 3 is 2.78 bits per heavy atom. The van der Waals surface area contributed by atoms with E-state index in [1.165, 1.54) is 0 Å². The van der Waals surface area contributed by atoms with Crippen LogP contribution in [-0.2, 0) is 4.79 Å². The number of amides is 1. The lowest BCUT2D eigenvalue weighted by Crippen LogP contribution is -2.29. The number of carbonyl (C=O) groups is 1. The first-order valence-electron chi connectivity index (χ1n) is 7.30. The molecule has 4 N–H and O–H groups in total. The Labute approximate surface area is 110 Å². The van der Waals surface area contributed by atoms with Crippen LogP contribution < -0.4 is 11.1 Å². The average molecular weight is 256 g/mol. The Morgan fingerprint density at radius 1 is 1.44 bits per heavy atom. The van der Waals surface area contributed by atoms with Crippen LogP contribution in [0.1, 0.15) is 51.9 Å². The van der Waals surface area contributed by atoms with Crippen LogP contribution in [-0.4, -0.2) is 30.2 Å². The number of aliphatic hydroxyl groups excluding tert-OH is 1. The lowest BCUT2D eigenvalue weighted by Gasteiger charge is -2.14. The number of carbonyl (C=O) groups excluding carboxylic acids is 1. The van der Waals surface area contributed by atoms with Crippen LogP contribution in [0, 0.1) is 11.8 Å². The fourth-order valence-corrected chi connectivity index (χ4v) is 2.70. The smallest absolute Gasteiger partial charge is 0.220 e. The molecule has 0 aromatic carbocycles. The van der Waals surface area contributed by atoms with Crippen LogP contribution >= 0.6 is 0 Å². The van der Waals surface area contributed by atoms with E-state index in [-0.39, 0.29) is 12.0 Å². The number of rotatable bonds is 8. The lowest BCUT2D eigenvalue weighted by molar-refractivity contribution is -0.121. The van der Waals surface area contributed by atoms with E-state index >= 15 is 0 Å². The summed E-state index contributed by atoms with van der Waals surface area (Å²) < 4.78 is 0.